The molecule has 5 atom stereocenters. The third kappa shape index (κ3) is 3.74. The van der Waals surface area contributed by atoms with Crippen LogP contribution < -0.4 is 0 Å². The van der Waals surface area contributed by atoms with Gasteiger partial charge in [0, 0.05) is 36.3 Å². The maximum atomic E-state index is 13.0. The van der Waals surface area contributed by atoms with E-state index in [-0.39, 0.29) is 41.7 Å². The smallest absolute Gasteiger partial charge is 0.358 e. The van der Waals surface area contributed by atoms with Gasteiger partial charge in [-0.25, -0.2) is 9.78 Å². The fourth-order valence-corrected chi connectivity index (χ4v) is 5.72. The van der Waals surface area contributed by atoms with Crippen molar-refractivity contribution in [3.8, 4) is 0 Å². The Balaban J connectivity index is 1.55. The molecule has 2 fully saturated rings. The number of fused-ring (bicyclic) bond motifs is 2. The Labute approximate surface area is 183 Å². The van der Waals surface area contributed by atoms with Crippen LogP contribution in [0.15, 0.2) is 79.3 Å². The molecule has 1 aliphatic heterocycles. The first kappa shape index (κ1) is 19.9. The van der Waals surface area contributed by atoms with Gasteiger partial charge in [-0.2, -0.15) is 0 Å². The summed E-state index contributed by atoms with van der Waals surface area (Å²) in [5, 5.41) is 0. The first-order valence-electron chi connectivity index (χ1n) is 11.0. The quantitative estimate of drug-likeness (QED) is 0.573. The number of benzene rings is 2. The highest BCUT2D eigenvalue weighted by molar-refractivity contribution is 5.86. The second-order valence-electron chi connectivity index (χ2n) is 8.60. The third-order valence-electron chi connectivity index (χ3n) is 6.91. The summed E-state index contributed by atoms with van der Waals surface area (Å²) in [5.41, 5.74) is 2.82. The number of likely N-dealkylation sites (tertiary alicyclic amines) is 1. The number of hydrogen-bond acceptors (Lipinski definition) is 5. The van der Waals surface area contributed by atoms with E-state index in [9.17, 15) is 4.79 Å². The van der Waals surface area contributed by atoms with Gasteiger partial charge < -0.3 is 4.74 Å². The maximum absolute atomic E-state index is 13.0. The number of nitrogens with zero attached hydrogens (tertiary/aromatic N) is 3. The normalized spacial score (nSPS) is 28.1. The van der Waals surface area contributed by atoms with Crippen LogP contribution in [0.1, 0.15) is 53.0 Å². The topological polar surface area (TPSA) is 55.3 Å². The van der Waals surface area contributed by atoms with Crippen molar-refractivity contribution in [3.05, 3.63) is 96.1 Å². The van der Waals surface area contributed by atoms with Crippen LogP contribution >= 0.6 is 0 Å². The van der Waals surface area contributed by atoms with Gasteiger partial charge in [0.25, 0.3) is 0 Å². The summed E-state index contributed by atoms with van der Waals surface area (Å²) in [6.07, 6.45) is 7.66. The lowest BCUT2D eigenvalue weighted by atomic mass is 9.65. The first-order valence-corrected chi connectivity index (χ1v) is 11.0. The summed E-state index contributed by atoms with van der Waals surface area (Å²) in [5.74, 6) is 0.108. The summed E-state index contributed by atoms with van der Waals surface area (Å²) >= 11 is 0. The van der Waals surface area contributed by atoms with Crippen molar-refractivity contribution in [3.63, 3.8) is 0 Å². The van der Waals surface area contributed by atoms with E-state index in [0.717, 1.165) is 19.3 Å². The summed E-state index contributed by atoms with van der Waals surface area (Å²) in [7, 11) is 2.22. The summed E-state index contributed by atoms with van der Waals surface area (Å²) in [4.78, 5) is 23.7. The number of esters is 1. The minimum atomic E-state index is -0.377. The van der Waals surface area contributed by atoms with Gasteiger partial charge in [-0.3, -0.25) is 9.88 Å². The molecule has 1 unspecified atom stereocenters. The van der Waals surface area contributed by atoms with Gasteiger partial charge in [0.2, 0.25) is 0 Å². The standard InChI is InChI=1S/C26H27N3O2/c1-29-23(18-9-4-2-5-10-18)20-13-8-14-21(24(29)19-11-6-3-7-12-19)25(20)31-26(30)22-17-27-15-16-28-22/h2-7,9-12,15-17,20-21,23-25H,8,13-14H2,1H3/t20-,21+,23+,24-,25?. The summed E-state index contributed by atoms with van der Waals surface area (Å²) < 4.78 is 6.23. The van der Waals surface area contributed by atoms with Crippen molar-refractivity contribution in [1.29, 1.82) is 0 Å². The Hall–Kier alpha value is -3.05. The van der Waals surface area contributed by atoms with Crippen LogP contribution in [0.3, 0.4) is 0 Å². The van der Waals surface area contributed by atoms with Crippen LogP contribution in [0, 0.1) is 11.8 Å². The highest BCUT2D eigenvalue weighted by Gasteiger charge is 2.52. The van der Waals surface area contributed by atoms with E-state index < -0.39 is 0 Å². The van der Waals surface area contributed by atoms with Crippen LogP contribution in [0.4, 0.5) is 0 Å². The first-order chi connectivity index (χ1) is 15.2. The fourth-order valence-electron chi connectivity index (χ4n) is 5.72. The van der Waals surface area contributed by atoms with E-state index in [1.54, 1.807) is 6.20 Å². The zero-order chi connectivity index (χ0) is 21.2. The number of ether oxygens (including phenoxy) is 1. The maximum Gasteiger partial charge on any atom is 0.358 e. The molecule has 5 nitrogen and oxygen atoms in total. The molecule has 0 radical (unpaired) electrons. The van der Waals surface area contributed by atoms with Crippen LogP contribution in [0.25, 0.3) is 0 Å². The number of hydrogen-bond donors (Lipinski definition) is 0. The molecule has 2 aromatic carbocycles. The van der Waals surface area contributed by atoms with Crippen molar-refractivity contribution in [2.75, 3.05) is 7.05 Å². The van der Waals surface area contributed by atoms with Gasteiger partial charge in [-0.15, -0.1) is 0 Å². The van der Waals surface area contributed by atoms with Gasteiger partial charge in [0.1, 0.15) is 6.10 Å². The van der Waals surface area contributed by atoms with Crippen molar-refractivity contribution < 1.29 is 9.53 Å². The Kier molecular flexibility index (Phi) is 5.51. The predicted molar refractivity (Wildman–Crippen MR) is 118 cm³/mol. The van der Waals surface area contributed by atoms with Gasteiger partial charge in [-0.05, 0) is 31.0 Å². The number of piperidine rings is 1. The molecule has 1 saturated carbocycles. The molecule has 2 aliphatic rings. The summed E-state index contributed by atoms with van der Waals surface area (Å²) in [6.45, 7) is 0. The fraction of sp³-hybridized carbons (Fsp3) is 0.346. The van der Waals surface area contributed by atoms with Crippen molar-refractivity contribution >= 4 is 5.97 Å². The lowest BCUT2D eigenvalue weighted by molar-refractivity contribution is -0.118. The molecular formula is C26H27N3O2. The SMILES string of the molecule is CN1[C@H](c2ccccc2)[C@@H]2CCC[C@@H](C2OC(=O)c2cnccn2)[C@@H]1c1ccccc1. The molecule has 158 valence electrons. The highest BCUT2D eigenvalue weighted by atomic mass is 16.5. The average molecular weight is 414 g/mol. The highest BCUT2D eigenvalue weighted by Crippen LogP contribution is 2.54. The van der Waals surface area contributed by atoms with E-state index in [2.05, 4.69) is 82.6 Å². The number of carbonyl (C=O) groups is 1. The molecule has 5 rings (SSSR count). The van der Waals surface area contributed by atoms with E-state index in [1.807, 2.05) is 0 Å². The second-order valence-corrected chi connectivity index (χ2v) is 8.60. The lowest BCUT2D eigenvalue weighted by Gasteiger charge is -2.55. The van der Waals surface area contributed by atoms with Gasteiger partial charge in [-0.1, -0.05) is 67.1 Å². The molecule has 2 bridgehead atoms. The van der Waals surface area contributed by atoms with Crippen LogP contribution in [-0.2, 0) is 4.74 Å². The van der Waals surface area contributed by atoms with Crippen LogP contribution in [-0.4, -0.2) is 34.0 Å². The summed E-state index contributed by atoms with van der Waals surface area (Å²) in [6, 6.07) is 21.6. The average Bonchev–Trinajstić information content (AvgIpc) is 2.82. The molecule has 1 aliphatic carbocycles. The van der Waals surface area contributed by atoms with E-state index in [1.165, 1.54) is 23.5 Å². The van der Waals surface area contributed by atoms with Crippen molar-refractivity contribution in [2.24, 2.45) is 11.8 Å². The van der Waals surface area contributed by atoms with E-state index >= 15 is 0 Å². The monoisotopic (exact) mass is 413 g/mol. The molecule has 1 aromatic heterocycles. The van der Waals surface area contributed by atoms with Crippen molar-refractivity contribution in [1.82, 2.24) is 14.9 Å². The minimum Gasteiger partial charge on any atom is -0.457 e. The number of carbonyl (C=O) groups excluding carboxylic acids is 1. The van der Waals surface area contributed by atoms with Gasteiger partial charge in [0.15, 0.2) is 5.69 Å². The van der Waals surface area contributed by atoms with Crippen LogP contribution in [0.2, 0.25) is 0 Å². The Bertz CT molecular complexity index is 957. The lowest BCUT2D eigenvalue weighted by Crippen LogP contribution is -2.54. The van der Waals surface area contributed by atoms with Crippen molar-refractivity contribution in [2.45, 2.75) is 37.5 Å². The number of rotatable bonds is 4. The van der Waals surface area contributed by atoms with Gasteiger partial charge in [0.05, 0.1) is 6.20 Å². The minimum absolute atomic E-state index is 0.158. The largest absolute Gasteiger partial charge is 0.457 e. The Morgan fingerprint density at radius 3 is 2.00 bits per heavy atom. The van der Waals surface area contributed by atoms with Gasteiger partial charge >= 0.3 is 5.97 Å². The molecule has 0 amide bonds. The van der Waals surface area contributed by atoms with E-state index in [0.29, 0.717) is 0 Å². The Morgan fingerprint density at radius 1 is 0.903 bits per heavy atom. The molecule has 0 N–H and O–H groups in total. The molecular weight excluding hydrogens is 386 g/mol. The molecule has 1 saturated heterocycles. The van der Waals surface area contributed by atoms with E-state index in [4.69, 9.17) is 4.74 Å². The third-order valence-corrected chi connectivity index (χ3v) is 6.91. The predicted octanol–water partition coefficient (Wildman–Crippen LogP) is 4.85. The number of aromatic nitrogens is 2. The zero-order valence-electron chi connectivity index (χ0n) is 17.7. The zero-order valence-corrected chi connectivity index (χ0v) is 17.7. The van der Waals surface area contributed by atoms with Crippen LogP contribution in [0.5, 0.6) is 0 Å². The molecule has 3 aromatic rings. The molecule has 5 heteroatoms. The second kappa shape index (κ2) is 8.60. The molecule has 31 heavy (non-hydrogen) atoms. The molecule has 2 heterocycles. The molecule has 0 spiro atoms. The Morgan fingerprint density at radius 2 is 1.48 bits per heavy atom.